The van der Waals surface area contributed by atoms with E-state index in [0.29, 0.717) is 18.5 Å². The third-order valence-electron chi connectivity index (χ3n) is 5.07. The monoisotopic (exact) mass is 373 g/mol. The highest BCUT2D eigenvalue weighted by molar-refractivity contribution is 5.87. The molecule has 5 heteroatoms. The van der Waals surface area contributed by atoms with Crippen LogP contribution >= 0.6 is 0 Å². The van der Waals surface area contributed by atoms with E-state index >= 15 is 0 Å². The summed E-state index contributed by atoms with van der Waals surface area (Å²) >= 11 is 0. The SMILES string of the molecule is CCCCCC(O)/C=C/[C@H]1CCC(=O)N1CCCc1cccc(C(=O)O)c1. The van der Waals surface area contributed by atoms with Gasteiger partial charge in [0.15, 0.2) is 0 Å². The van der Waals surface area contributed by atoms with Crippen molar-refractivity contribution >= 4 is 11.9 Å². The van der Waals surface area contributed by atoms with Crippen LogP contribution in [0.3, 0.4) is 0 Å². The standard InChI is InChI=1S/C22H31NO4/c1-2-3-4-10-20(24)13-11-19-12-14-21(25)23(19)15-6-8-17-7-5-9-18(16-17)22(26)27/h5,7,9,11,13,16,19-20,24H,2-4,6,8,10,12,14-15H2,1H3,(H,26,27)/b13-11+/t19-,20?/m0/s1. The van der Waals surface area contributed by atoms with E-state index in [-0.39, 0.29) is 11.9 Å². The Labute approximate surface area is 161 Å². The Morgan fingerprint density at radius 1 is 1.33 bits per heavy atom. The zero-order chi connectivity index (χ0) is 19.6. The number of nitrogens with zero attached hydrogens (tertiary/aromatic N) is 1. The Kier molecular flexibility index (Phi) is 8.52. The molecule has 2 N–H and O–H groups in total. The number of carboxylic acids is 1. The second-order valence-electron chi connectivity index (χ2n) is 7.25. The van der Waals surface area contributed by atoms with Gasteiger partial charge in [0.05, 0.1) is 17.7 Å². The van der Waals surface area contributed by atoms with Crippen LogP contribution in [0.5, 0.6) is 0 Å². The van der Waals surface area contributed by atoms with Crippen LogP contribution in [0.4, 0.5) is 0 Å². The average molecular weight is 373 g/mol. The first-order valence-corrected chi connectivity index (χ1v) is 9.99. The maximum atomic E-state index is 12.2. The molecule has 1 amide bonds. The number of carboxylic acid groups (broad SMARTS) is 1. The number of likely N-dealkylation sites (tertiary alicyclic amines) is 1. The van der Waals surface area contributed by atoms with Crippen LogP contribution in [-0.4, -0.2) is 45.7 Å². The molecular weight excluding hydrogens is 342 g/mol. The highest BCUT2D eigenvalue weighted by Crippen LogP contribution is 2.21. The lowest BCUT2D eigenvalue weighted by Gasteiger charge is -2.22. The average Bonchev–Trinajstić information content (AvgIpc) is 3.00. The Hall–Kier alpha value is -2.14. The Balaban J connectivity index is 1.83. The molecule has 1 fully saturated rings. The molecule has 1 aromatic carbocycles. The number of hydrogen-bond donors (Lipinski definition) is 2. The third kappa shape index (κ3) is 6.83. The van der Waals surface area contributed by atoms with E-state index in [2.05, 4.69) is 6.92 Å². The molecule has 0 radical (unpaired) electrons. The summed E-state index contributed by atoms with van der Waals surface area (Å²) in [7, 11) is 0. The first-order chi connectivity index (χ1) is 13.0. The summed E-state index contributed by atoms with van der Waals surface area (Å²) in [6.07, 6.45) is 10.3. The molecular formula is C22H31NO4. The number of benzene rings is 1. The quantitative estimate of drug-likeness (QED) is 0.457. The van der Waals surface area contributed by atoms with Crippen molar-refractivity contribution in [3.05, 3.63) is 47.5 Å². The van der Waals surface area contributed by atoms with Crippen LogP contribution < -0.4 is 0 Å². The second-order valence-corrected chi connectivity index (χ2v) is 7.25. The molecule has 0 aliphatic carbocycles. The van der Waals surface area contributed by atoms with Crippen molar-refractivity contribution in [1.82, 2.24) is 4.90 Å². The number of aliphatic hydroxyl groups excluding tert-OH is 1. The molecule has 1 heterocycles. The molecule has 1 saturated heterocycles. The molecule has 2 atom stereocenters. The lowest BCUT2D eigenvalue weighted by Crippen LogP contribution is -2.33. The van der Waals surface area contributed by atoms with Crippen LogP contribution in [0.1, 0.15) is 67.8 Å². The van der Waals surface area contributed by atoms with E-state index in [4.69, 9.17) is 5.11 Å². The smallest absolute Gasteiger partial charge is 0.335 e. The van der Waals surface area contributed by atoms with Gasteiger partial charge in [-0.05, 0) is 43.4 Å². The van der Waals surface area contributed by atoms with Crippen molar-refractivity contribution in [2.45, 2.75) is 70.4 Å². The Morgan fingerprint density at radius 3 is 2.89 bits per heavy atom. The Bertz CT molecular complexity index is 655. The highest BCUT2D eigenvalue weighted by atomic mass is 16.4. The number of amides is 1. The maximum absolute atomic E-state index is 12.2. The molecule has 27 heavy (non-hydrogen) atoms. The third-order valence-corrected chi connectivity index (χ3v) is 5.07. The number of carbonyl (C=O) groups is 2. The molecule has 1 aromatic rings. The lowest BCUT2D eigenvalue weighted by atomic mass is 10.1. The van der Waals surface area contributed by atoms with Gasteiger partial charge in [-0.3, -0.25) is 4.79 Å². The summed E-state index contributed by atoms with van der Waals surface area (Å²) < 4.78 is 0. The lowest BCUT2D eigenvalue weighted by molar-refractivity contribution is -0.128. The number of aromatic carboxylic acids is 1. The van der Waals surface area contributed by atoms with Gasteiger partial charge < -0.3 is 15.1 Å². The first-order valence-electron chi connectivity index (χ1n) is 9.99. The predicted molar refractivity (Wildman–Crippen MR) is 106 cm³/mol. The van der Waals surface area contributed by atoms with Crippen molar-refractivity contribution in [3.63, 3.8) is 0 Å². The summed E-state index contributed by atoms with van der Waals surface area (Å²) in [5, 5.41) is 19.1. The van der Waals surface area contributed by atoms with Gasteiger partial charge in [0.1, 0.15) is 0 Å². The molecule has 0 aromatic heterocycles. The number of hydrogen-bond acceptors (Lipinski definition) is 3. The number of unbranched alkanes of at least 4 members (excludes halogenated alkanes) is 2. The highest BCUT2D eigenvalue weighted by Gasteiger charge is 2.28. The number of aliphatic hydroxyl groups is 1. The summed E-state index contributed by atoms with van der Waals surface area (Å²) in [5.41, 5.74) is 1.27. The van der Waals surface area contributed by atoms with Crippen molar-refractivity contribution in [3.8, 4) is 0 Å². The number of rotatable bonds is 11. The fraction of sp³-hybridized carbons (Fsp3) is 0.545. The summed E-state index contributed by atoms with van der Waals surface area (Å²) in [4.78, 5) is 25.1. The molecule has 2 rings (SSSR count). The zero-order valence-electron chi connectivity index (χ0n) is 16.1. The molecule has 1 aliphatic heterocycles. The first kappa shape index (κ1) is 21.2. The topological polar surface area (TPSA) is 77.8 Å². The van der Waals surface area contributed by atoms with Crippen LogP contribution in [-0.2, 0) is 11.2 Å². The molecule has 0 spiro atoms. The summed E-state index contributed by atoms with van der Waals surface area (Å²) in [5.74, 6) is -0.765. The van der Waals surface area contributed by atoms with Gasteiger partial charge in [-0.2, -0.15) is 0 Å². The van der Waals surface area contributed by atoms with E-state index in [9.17, 15) is 14.7 Å². The van der Waals surface area contributed by atoms with Gasteiger partial charge in [0.25, 0.3) is 0 Å². The molecule has 5 nitrogen and oxygen atoms in total. The van der Waals surface area contributed by atoms with E-state index in [1.807, 2.05) is 23.1 Å². The predicted octanol–water partition coefficient (Wildman–Crippen LogP) is 3.81. The maximum Gasteiger partial charge on any atom is 0.335 e. The van der Waals surface area contributed by atoms with Crippen LogP contribution in [0.15, 0.2) is 36.4 Å². The van der Waals surface area contributed by atoms with Crippen molar-refractivity contribution in [2.24, 2.45) is 0 Å². The van der Waals surface area contributed by atoms with Crippen LogP contribution in [0.2, 0.25) is 0 Å². The minimum atomic E-state index is -0.922. The van der Waals surface area contributed by atoms with E-state index < -0.39 is 12.1 Å². The van der Waals surface area contributed by atoms with Crippen molar-refractivity contribution in [1.29, 1.82) is 0 Å². The van der Waals surface area contributed by atoms with E-state index in [1.165, 1.54) is 0 Å². The van der Waals surface area contributed by atoms with Gasteiger partial charge in [0.2, 0.25) is 5.91 Å². The summed E-state index contributed by atoms with van der Waals surface area (Å²) in [6, 6.07) is 7.01. The van der Waals surface area contributed by atoms with Gasteiger partial charge in [-0.15, -0.1) is 0 Å². The molecule has 0 saturated carbocycles. The minimum absolute atomic E-state index is 0.0590. The van der Waals surface area contributed by atoms with Gasteiger partial charge in [-0.25, -0.2) is 4.79 Å². The van der Waals surface area contributed by atoms with Crippen LogP contribution in [0, 0.1) is 0 Å². The fourth-order valence-corrected chi connectivity index (χ4v) is 3.52. The van der Waals surface area contributed by atoms with Crippen molar-refractivity contribution < 1.29 is 19.8 Å². The minimum Gasteiger partial charge on any atom is -0.478 e. The molecule has 148 valence electrons. The largest absolute Gasteiger partial charge is 0.478 e. The summed E-state index contributed by atoms with van der Waals surface area (Å²) in [6.45, 7) is 2.79. The van der Waals surface area contributed by atoms with Gasteiger partial charge >= 0.3 is 5.97 Å². The molecule has 0 bridgehead atoms. The van der Waals surface area contributed by atoms with E-state index in [1.54, 1.807) is 18.2 Å². The Morgan fingerprint density at radius 2 is 2.15 bits per heavy atom. The van der Waals surface area contributed by atoms with Crippen molar-refractivity contribution in [2.75, 3.05) is 6.54 Å². The fourth-order valence-electron chi connectivity index (χ4n) is 3.52. The van der Waals surface area contributed by atoms with E-state index in [0.717, 1.165) is 50.5 Å². The molecule has 1 aliphatic rings. The second kappa shape index (κ2) is 10.9. The van der Waals surface area contributed by atoms with Gasteiger partial charge in [-0.1, -0.05) is 50.5 Å². The number of carbonyl (C=O) groups excluding carboxylic acids is 1. The zero-order valence-corrected chi connectivity index (χ0v) is 16.1. The normalized spacial score (nSPS) is 18.4. The molecule has 1 unspecified atom stereocenters. The van der Waals surface area contributed by atoms with Gasteiger partial charge in [0, 0.05) is 13.0 Å². The number of aryl methyl sites for hydroxylation is 1. The van der Waals surface area contributed by atoms with Crippen LogP contribution in [0.25, 0.3) is 0 Å².